The zero-order chi connectivity index (χ0) is 9.14. The van der Waals surface area contributed by atoms with Crippen molar-refractivity contribution in [2.75, 3.05) is 0 Å². The summed E-state index contributed by atoms with van der Waals surface area (Å²) in [7, 11) is 0. The number of pyridine rings is 1. The number of nitrogens with two attached hydrogens (primary N) is 1. The molecule has 0 aliphatic rings. The Bertz CT molecular complexity index is 317. The molecule has 0 bridgehead atoms. The zero-order valence-electron chi connectivity index (χ0n) is 5.73. The molecule has 0 aliphatic heterocycles. The molecule has 1 heterocycles. The summed E-state index contributed by atoms with van der Waals surface area (Å²) in [6.07, 6.45) is 1.36. The molecule has 0 aliphatic carbocycles. The van der Waals surface area contributed by atoms with E-state index in [2.05, 4.69) is 25.8 Å². The quantitative estimate of drug-likeness (QED) is 0.608. The summed E-state index contributed by atoms with van der Waals surface area (Å²) in [4.78, 5) is 17.5. The van der Waals surface area contributed by atoms with Crippen LogP contribution in [0.5, 0.6) is 5.88 Å². The Morgan fingerprint density at radius 2 is 2.42 bits per heavy atom. The van der Waals surface area contributed by atoms with Crippen LogP contribution >= 0.6 is 15.9 Å². The summed E-state index contributed by atoms with van der Waals surface area (Å²) in [6.45, 7) is 0. The van der Waals surface area contributed by atoms with E-state index in [1.807, 2.05) is 0 Å². The maximum absolute atomic E-state index is 10.3. The molecule has 0 aromatic carbocycles. The van der Waals surface area contributed by atoms with Crippen LogP contribution in [0.1, 0.15) is 0 Å². The fourth-order valence-electron chi connectivity index (χ4n) is 0.638. The van der Waals surface area contributed by atoms with Gasteiger partial charge in [-0.25, -0.2) is 4.98 Å². The Morgan fingerprint density at radius 1 is 1.75 bits per heavy atom. The lowest BCUT2D eigenvalue weighted by molar-refractivity contribution is -0.386. The van der Waals surface area contributed by atoms with E-state index in [4.69, 9.17) is 5.90 Å². The van der Waals surface area contributed by atoms with Gasteiger partial charge in [-0.1, -0.05) is 0 Å². The van der Waals surface area contributed by atoms with Gasteiger partial charge in [0.2, 0.25) is 0 Å². The lowest BCUT2D eigenvalue weighted by Crippen LogP contribution is -2.06. The molecule has 0 atom stereocenters. The number of aromatic nitrogens is 1. The van der Waals surface area contributed by atoms with E-state index in [-0.39, 0.29) is 11.6 Å². The maximum atomic E-state index is 10.3. The number of nitro groups is 1. The molecule has 0 spiro atoms. The second-order valence-corrected chi connectivity index (χ2v) is 2.77. The molecular weight excluding hydrogens is 230 g/mol. The van der Waals surface area contributed by atoms with Gasteiger partial charge in [-0.05, 0) is 15.9 Å². The highest BCUT2D eigenvalue weighted by atomic mass is 79.9. The molecule has 1 aromatic heterocycles. The Morgan fingerprint density at radius 3 is 2.92 bits per heavy atom. The Kier molecular flexibility index (Phi) is 2.56. The average Bonchev–Trinajstić information content (AvgIpc) is 2.04. The standard InChI is InChI=1S/C5H4BrN3O3/c6-3-1-4(9(10)11)5(12-7)8-2-3/h1-2H,7H2. The minimum atomic E-state index is -0.625. The fraction of sp³-hybridized carbons (Fsp3) is 0. The summed E-state index contributed by atoms with van der Waals surface area (Å²) < 4.78 is 0.495. The minimum absolute atomic E-state index is 0.205. The van der Waals surface area contributed by atoms with E-state index in [0.29, 0.717) is 4.47 Å². The SMILES string of the molecule is NOc1ncc(Br)cc1[N+](=O)[O-]. The first-order valence-corrected chi connectivity index (χ1v) is 3.61. The number of rotatable bonds is 2. The number of hydrogen-bond donors (Lipinski definition) is 1. The van der Waals surface area contributed by atoms with Gasteiger partial charge in [-0.2, -0.15) is 5.90 Å². The Balaban J connectivity index is 3.21. The van der Waals surface area contributed by atoms with Gasteiger partial charge in [0.15, 0.2) is 0 Å². The largest absolute Gasteiger partial charge is 0.384 e. The van der Waals surface area contributed by atoms with Crippen molar-refractivity contribution in [1.29, 1.82) is 0 Å². The molecule has 0 saturated carbocycles. The van der Waals surface area contributed by atoms with Crippen LogP contribution in [0.2, 0.25) is 0 Å². The van der Waals surface area contributed by atoms with Crippen LogP contribution in [0.15, 0.2) is 16.7 Å². The van der Waals surface area contributed by atoms with Crippen molar-refractivity contribution in [3.05, 3.63) is 26.9 Å². The summed E-state index contributed by atoms with van der Waals surface area (Å²) in [5.41, 5.74) is -0.271. The van der Waals surface area contributed by atoms with E-state index >= 15 is 0 Å². The third-order valence-corrected chi connectivity index (χ3v) is 1.54. The van der Waals surface area contributed by atoms with Crippen molar-refractivity contribution >= 4 is 21.6 Å². The molecule has 6 nitrogen and oxygen atoms in total. The first kappa shape index (κ1) is 8.88. The van der Waals surface area contributed by atoms with Gasteiger partial charge in [0, 0.05) is 16.7 Å². The second kappa shape index (κ2) is 3.46. The molecule has 1 rings (SSSR count). The van der Waals surface area contributed by atoms with E-state index < -0.39 is 4.92 Å². The zero-order valence-corrected chi connectivity index (χ0v) is 7.32. The third-order valence-electron chi connectivity index (χ3n) is 1.11. The van der Waals surface area contributed by atoms with Crippen LogP contribution in [-0.4, -0.2) is 9.91 Å². The van der Waals surface area contributed by atoms with Gasteiger partial charge in [0.25, 0.3) is 0 Å². The molecule has 1 aromatic rings. The van der Waals surface area contributed by atoms with E-state index in [1.165, 1.54) is 12.3 Å². The maximum Gasteiger partial charge on any atom is 0.334 e. The van der Waals surface area contributed by atoms with Crippen molar-refractivity contribution in [3.63, 3.8) is 0 Å². The predicted molar refractivity (Wildman–Crippen MR) is 43.4 cm³/mol. The smallest absolute Gasteiger partial charge is 0.334 e. The van der Waals surface area contributed by atoms with Crippen LogP contribution in [0.25, 0.3) is 0 Å². The van der Waals surface area contributed by atoms with Gasteiger partial charge in [0.1, 0.15) is 0 Å². The lowest BCUT2D eigenvalue weighted by Gasteiger charge is -1.98. The molecule has 64 valence electrons. The van der Waals surface area contributed by atoms with Gasteiger partial charge in [-0.3, -0.25) is 10.1 Å². The molecule has 0 amide bonds. The topological polar surface area (TPSA) is 91.3 Å². The summed E-state index contributed by atoms with van der Waals surface area (Å²) in [5.74, 6) is 4.55. The monoisotopic (exact) mass is 233 g/mol. The van der Waals surface area contributed by atoms with Crippen molar-refractivity contribution in [2.45, 2.75) is 0 Å². The number of nitrogens with zero attached hydrogens (tertiary/aromatic N) is 2. The molecule has 0 unspecified atom stereocenters. The summed E-state index contributed by atoms with van der Waals surface area (Å²) >= 11 is 3.03. The van der Waals surface area contributed by atoms with Crippen molar-refractivity contribution in [2.24, 2.45) is 5.90 Å². The highest BCUT2D eigenvalue weighted by Crippen LogP contribution is 2.25. The second-order valence-electron chi connectivity index (χ2n) is 1.85. The normalized spacial score (nSPS) is 9.50. The van der Waals surface area contributed by atoms with Crippen LogP contribution in [0.4, 0.5) is 5.69 Å². The van der Waals surface area contributed by atoms with Crippen LogP contribution in [0.3, 0.4) is 0 Å². The van der Waals surface area contributed by atoms with Gasteiger partial charge >= 0.3 is 11.6 Å². The van der Waals surface area contributed by atoms with Crippen LogP contribution in [0, 0.1) is 10.1 Å². The van der Waals surface area contributed by atoms with Gasteiger partial charge in [0.05, 0.1) is 4.92 Å². The Labute approximate surface area is 75.6 Å². The van der Waals surface area contributed by atoms with E-state index in [1.54, 1.807) is 0 Å². The predicted octanol–water partition coefficient (Wildman–Crippen LogP) is 1.00. The van der Waals surface area contributed by atoms with Gasteiger partial charge in [-0.15, -0.1) is 0 Å². The van der Waals surface area contributed by atoms with Crippen molar-refractivity contribution in [3.8, 4) is 5.88 Å². The van der Waals surface area contributed by atoms with Crippen molar-refractivity contribution < 1.29 is 9.76 Å². The minimum Gasteiger partial charge on any atom is -0.384 e. The molecule has 2 N–H and O–H groups in total. The first-order valence-electron chi connectivity index (χ1n) is 2.82. The first-order chi connectivity index (χ1) is 5.65. The highest BCUT2D eigenvalue weighted by molar-refractivity contribution is 9.10. The lowest BCUT2D eigenvalue weighted by atomic mass is 10.4. The fourth-order valence-corrected chi connectivity index (χ4v) is 0.957. The summed E-state index contributed by atoms with van der Waals surface area (Å²) in [5, 5.41) is 10.3. The number of hydrogen-bond acceptors (Lipinski definition) is 5. The average molecular weight is 234 g/mol. The summed E-state index contributed by atoms with van der Waals surface area (Å²) in [6, 6.07) is 1.26. The number of halogens is 1. The molecule has 0 saturated heterocycles. The van der Waals surface area contributed by atoms with Crippen LogP contribution < -0.4 is 10.7 Å². The highest BCUT2D eigenvalue weighted by Gasteiger charge is 2.16. The molecule has 0 radical (unpaired) electrons. The molecule has 12 heavy (non-hydrogen) atoms. The van der Waals surface area contributed by atoms with E-state index in [9.17, 15) is 10.1 Å². The van der Waals surface area contributed by atoms with Crippen LogP contribution in [-0.2, 0) is 0 Å². The molecule has 0 fully saturated rings. The molecule has 7 heteroatoms. The Hall–Kier alpha value is -1.21. The third kappa shape index (κ3) is 1.69. The van der Waals surface area contributed by atoms with Crippen molar-refractivity contribution in [1.82, 2.24) is 4.98 Å². The molecular formula is C5H4BrN3O3. The van der Waals surface area contributed by atoms with E-state index in [0.717, 1.165) is 0 Å². The van der Waals surface area contributed by atoms with Gasteiger partial charge < -0.3 is 4.84 Å².